The average Bonchev–Trinajstić information content (AvgIpc) is 3.28. The van der Waals surface area contributed by atoms with Crippen LogP contribution in [0.5, 0.6) is 0 Å². The van der Waals surface area contributed by atoms with Crippen LogP contribution in [0.25, 0.3) is 0 Å². The normalized spacial score (nSPS) is 22.7. The molecule has 0 bridgehead atoms. The molecule has 2 fully saturated rings. The first kappa shape index (κ1) is 20.2. The van der Waals surface area contributed by atoms with Gasteiger partial charge in [-0.2, -0.15) is 0 Å². The molecule has 8 heteroatoms. The summed E-state index contributed by atoms with van der Waals surface area (Å²) in [7, 11) is -2.04. The van der Waals surface area contributed by atoms with Gasteiger partial charge in [-0.3, -0.25) is 4.79 Å². The zero-order valence-corrected chi connectivity index (χ0v) is 16.2. The lowest BCUT2D eigenvalue weighted by molar-refractivity contribution is -0.123. The van der Waals surface area contributed by atoms with Crippen molar-refractivity contribution in [1.82, 2.24) is 15.4 Å². The van der Waals surface area contributed by atoms with E-state index in [-0.39, 0.29) is 40.6 Å². The molecule has 1 aliphatic carbocycles. The second-order valence-electron chi connectivity index (χ2n) is 6.88. The molecular formula is C17H26ClN3O3S. The summed E-state index contributed by atoms with van der Waals surface area (Å²) in [6.07, 6.45) is 3.15. The predicted octanol–water partition coefficient (Wildman–Crippen LogP) is 1.58. The molecule has 1 saturated carbocycles. The summed E-state index contributed by atoms with van der Waals surface area (Å²) in [4.78, 5) is 12.7. The van der Waals surface area contributed by atoms with Crippen LogP contribution in [-0.4, -0.2) is 34.5 Å². The van der Waals surface area contributed by atoms with E-state index in [1.807, 2.05) is 6.92 Å². The van der Waals surface area contributed by atoms with Crippen molar-refractivity contribution in [2.75, 3.05) is 20.1 Å². The fraction of sp³-hybridized carbons (Fsp3) is 0.588. The molecule has 2 aliphatic rings. The summed E-state index contributed by atoms with van der Waals surface area (Å²) >= 11 is 0. The van der Waals surface area contributed by atoms with Gasteiger partial charge in [0.15, 0.2) is 0 Å². The number of carbonyl (C=O) groups excluding carboxylic acids is 1. The number of hydrogen-bond donors (Lipinski definition) is 3. The summed E-state index contributed by atoms with van der Waals surface area (Å²) in [5, 5.41) is 6.42. The van der Waals surface area contributed by atoms with E-state index >= 15 is 0 Å². The number of piperidine rings is 1. The molecular weight excluding hydrogens is 362 g/mol. The number of sulfonamides is 1. The van der Waals surface area contributed by atoms with Crippen LogP contribution in [0.2, 0.25) is 0 Å². The van der Waals surface area contributed by atoms with Gasteiger partial charge in [0.25, 0.3) is 0 Å². The van der Waals surface area contributed by atoms with Crippen LogP contribution in [0.3, 0.4) is 0 Å². The minimum Gasteiger partial charge on any atom is -0.349 e. The summed E-state index contributed by atoms with van der Waals surface area (Å²) in [6.45, 7) is 3.93. The highest BCUT2D eigenvalue weighted by Gasteiger charge is 2.57. The summed E-state index contributed by atoms with van der Waals surface area (Å²) in [5.41, 5.74) is 1.12. The Labute approximate surface area is 155 Å². The molecule has 3 rings (SSSR count). The lowest BCUT2D eigenvalue weighted by Gasteiger charge is -2.24. The Bertz CT molecular complexity index is 715. The van der Waals surface area contributed by atoms with Crippen LogP contribution in [0.1, 0.15) is 37.8 Å². The van der Waals surface area contributed by atoms with Crippen molar-refractivity contribution < 1.29 is 13.2 Å². The van der Waals surface area contributed by atoms with E-state index in [1.54, 1.807) is 24.3 Å². The van der Waals surface area contributed by atoms with Crippen molar-refractivity contribution in [2.24, 2.45) is 11.3 Å². The number of carbonyl (C=O) groups is 1. The number of rotatable bonds is 5. The second kappa shape index (κ2) is 7.61. The number of nitrogens with one attached hydrogen (secondary N) is 3. The molecule has 1 saturated heterocycles. The highest BCUT2D eigenvalue weighted by Crippen LogP contribution is 2.58. The number of amides is 1. The molecule has 1 aliphatic heterocycles. The maximum Gasteiger partial charge on any atom is 0.240 e. The molecule has 3 N–H and O–H groups in total. The maximum absolute atomic E-state index is 12.5. The molecule has 1 spiro atoms. The van der Waals surface area contributed by atoms with Gasteiger partial charge in [0.2, 0.25) is 15.9 Å². The predicted molar refractivity (Wildman–Crippen MR) is 99.1 cm³/mol. The van der Waals surface area contributed by atoms with Crippen molar-refractivity contribution >= 4 is 28.3 Å². The van der Waals surface area contributed by atoms with Crippen LogP contribution < -0.4 is 15.4 Å². The number of benzene rings is 1. The smallest absolute Gasteiger partial charge is 0.240 e. The van der Waals surface area contributed by atoms with E-state index in [4.69, 9.17) is 0 Å². The lowest BCUT2D eigenvalue weighted by Crippen LogP contribution is -2.34. The number of halogens is 1. The topological polar surface area (TPSA) is 87.3 Å². The number of hydrogen-bond acceptors (Lipinski definition) is 4. The first-order chi connectivity index (χ1) is 11.4. The molecule has 1 aromatic rings. The summed E-state index contributed by atoms with van der Waals surface area (Å²) in [6, 6.07) is 6.50. The Balaban J connectivity index is 0.00000225. The third kappa shape index (κ3) is 4.16. The molecule has 2 atom stereocenters. The third-order valence-electron chi connectivity index (χ3n) is 5.42. The van der Waals surface area contributed by atoms with Gasteiger partial charge in [-0.15, -0.1) is 12.4 Å². The van der Waals surface area contributed by atoms with Crippen molar-refractivity contribution in [3.05, 3.63) is 29.8 Å². The van der Waals surface area contributed by atoms with Crippen molar-refractivity contribution in [1.29, 1.82) is 0 Å². The zero-order chi connectivity index (χ0) is 17.4. The molecule has 2 unspecified atom stereocenters. The quantitative estimate of drug-likeness (QED) is 0.715. The first-order valence-corrected chi connectivity index (χ1v) is 9.91. The van der Waals surface area contributed by atoms with E-state index < -0.39 is 10.0 Å². The monoisotopic (exact) mass is 387 g/mol. The van der Waals surface area contributed by atoms with Gasteiger partial charge in [-0.1, -0.05) is 12.1 Å². The molecule has 1 amide bonds. The second-order valence-corrected chi connectivity index (χ2v) is 8.76. The molecule has 0 aromatic heterocycles. The molecule has 140 valence electrons. The van der Waals surface area contributed by atoms with Crippen LogP contribution >= 0.6 is 12.4 Å². The molecule has 1 aromatic carbocycles. The maximum atomic E-state index is 12.5. The largest absolute Gasteiger partial charge is 0.349 e. The Hall–Kier alpha value is -1.15. The molecule has 25 heavy (non-hydrogen) atoms. The van der Waals surface area contributed by atoms with E-state index in [0.29, 0.717) is 0 Å². The minimum absolute atomic E-state index is 0. The fourth-order valence-corrected chi connectivity index (χ4v) is 4.38. The fourth-order valence-electron chi connectivity index (χ4n) is 3.65. The average molecular weight is 388 g/mol. The van der Waals surface area contributed by atoms with Crippen LogP contribution in [0, 0.1) is 11.3 Å². The SMILES string of the molecule is CNS(=O)(=O)c1ccc(C(C)NC(=O)C2CC23CCNCC3)cc1.Cl. The summed E-state index contributed by atoms with van der Waals surface area (Å²) < 4.78 is 25.8. The van der Waals surface area contributed by atoms with Gasteiger partial charge in [0, 0.05) is 5.92 Å². The molecule has 0 radical (unpaired) electrons. The highest BCUT2D eigenvalue weighted by molar-refractivity contribution is 7.89. The Morgan fingerprint density at radius 2 is 1.84 bits per heavy atom. The third-order valence-corrected chi connectivity index (χ3v) is 6.85. The van der Waals surface area contributed by atoms with Crippen LogP contribution in [0.4, 0.5) is 0 Å². The Kier molecular flexibility index (Phi) is 6.14. The van der Waals surface area contributed by atoms with Crippen molar-refractivity contribution in [3.63, 3.8) is 0 Å². The minimum atomic E-state index is -3.43. The molecule has 6 nitrogen and oxygen atoms in total. The van der Waals surface area contributed by atoms with E-state index in [1.165, 1.54) is 7.05 Å². The Morgan fingerprint density at radius 3 is 2.40 bits per heavy atom. The van der Waals surface area contributed by atoms with Gasteiger partial charge in [0.05, 0.1) is 10.9 Å². The summed E-state index contributed by atoms with van der Waals surface area (Å²) in [5.74, 6) is 0.252. The van der Waals surface area contributed by atoms with Gasteiger partial charge in [-0.25, -0.2) is 13.1 Å². The van der Waals surface area contributed by atoms with Gasteiger partial charge < -0.3 is 10.6 Å². The van der Waals surface area contributed by atoms with E-state index in [9.17, 15) is 13.2 Å². The van der Waals surface area contributed by atoms with Crippen LogP contribution in [-0.2, 0) is 14.8 Å². The van der Waals surface area contributed by atoms with Crippen molar-refractivity contribution in [2.45, 2.75) is 37.1 Å². The van der Waals surface area contributed by atoms with Crippen LogP contribution in [0.15, 0.2) is 29.2 Å². The lowest BCUT2D eigenvalue weighted by atomic mass is 9.91. The van der Waals surface area contributed by atoms with Crippen molar-refractivity contribution in [3.8, 4) is 0 Å². The van der Waals surface area contributed by atoms with Gasteiger partial charge in [0.1, 0.15) is 0 Å². The van der Waals surface area contributed by atoms with E-state index in [2.05, 4.69) is 15.4 Å². The molecule has 1 heterocycles. The van der Waals surface area contributed by atoms with Gasteiger partial charge in [-0.05, 0) is 69.4 Å². The zero-order valence-electron chi connectivity index (χ0n) is 14.5. The first-order valence-electron chi connectivity index (χ1n) is 8.43. The highest BCUT2D eigenvalue weighted by atomic mass is 35.5. The Morgan fingerprint density at radius 1 is 1.24 bits per heavy atom. The van der Waals surface area contributed by atoms with Gasteiger partial charge >= 0.3 is 0 Å². The standard InChI is InChI=1S/C17H25N3O3S.ClH/c1-12(13-3-5-14(6-4-13)24(22,23)18-2)20-16(21)15-11-17(15)7-9-19-10-8-17;/h3-6,12,15,18-19H,7-11H2,1-2H3,(H,20,21);1H. The van der Waals surface area contributed by atoms with E-state index in [0.717, 1.165) is 37.9 Å².